The second kappa shape index (κ2) is 9.47. The monoisotopic (exact) mass is 531 g/mol. The molecule has 2 aliphatic carbocycles. The summed E-state index contributed by atoms with van der Waals surface area (Å²) in [7, 11) is 0. The predicted molar refractivity (Wildman–Crippen MR) is 130 cm³/mol. The van der Waals surface area contributed by atoms with Gasteiger partial charge in [-0.1, -0.05) is 24.3 Å². The standard InChI is InChI=1S/2C13H18N2O2.Cu/c2*1-12(2)13(3,4)15(17)11(14-12)9-7-5-6-8-10(9)16;/h2*5-8,14,17H,1-4H3;. The topological polar surface area (TPSA) is 105 Å². The van der Waals surface area contributed by atoms with Gasteiger partial charge in [-0.15, -0.1) is 0 Å². The van der Waals surface area contributed by atoms with E-state index in [0.717, 1.165) is 10.1 Å². The maximum atomic E-state index is 11.8. The van der Waals surface area contributed by atoms with Crippen LogP contribution in [-0.2, 0) is 26.7 Å². The van der Waals surface area contributed by atoms with Crippen molar-refractivity contribution in [3.8, 4) is 0 Å². The molecule has 2 saturated heterocycles. The van der Waals surface area contributed by atoms with Crippen molar-refractivity contribution in [3.63, 3.8) is 0 Å². The van der Waals surface area contributed by atoms with Gasteiger partial charge in [0.2, 0.25) is 0 Å². The fourth-order valence-electron chi connectivity index (χ4n) is 3.78. The largest absolute Gasteiger partial charge is 0.362 e. The molecule has 4 aliphatic rings. The maximum absolute atomic E-state index is 11.8. The number of allylic oxidation sites excluding steroid dienone is 10. The molecule has 4 rings (SSSR count). The van der Waals surface area contributed by atoms with Crippen molar-refractivity contribution < 1.29 is 37.1 Å². The van der Waals surface area contributed by atoms with Crippen LogP contribution in [0.3, 0.4) is 0 Å². The third kappa shape index (κ3) is 4.78. The molecular weight excluding hydrogens is 496 g/mol. The van der Waals surface area contributed by atoms with E-state index in [0.29, 0.717) is 22.8 Å². The number of carbonyl (C=O) groups excluding carboxylic acids is 2. The Morgan fingerprint density at radius 1 is 0.600 bits per heavy atom. The summed E-state index contributed by atoms with van der Waals surface area (Å²) >= 11 is 0. The van der Waals surface area contributed by atoms with E-state index < -0.39 is 11.1 Å². The van der Waals surface area contributed by atoms with Crippen LogP contribution in [0.2, 0.25) is 0 Å². The molecule has 1 radical (unpaired) electrons. The first-order valence-corrected chi connectivity index (χ1v) is 11.4. The van der Waals surface area contributed by atoms with E-state index in [9.17, 15) is 20.0 Å². The maximum Gasteiger partial charge on any atom is 0.189 e. The van der Waals surface area contributed by atoms with Crippen molar-refractivity contribution in [1.82, 2.24) is 20.8 Å². The molecule has 4 N–H and O–H groups in total. The molecule has 0 unspecified atom stereocenters. The van der Waals surface area contributed by atoms with Gasteiger partial charge >= 0.3 is 0 Å². The van der Waals surface area contributed by atoms with E-state index in [4.69, 9.17) is 0 Å². The van der Waals surface area contributed by atoms with Crippen molar-refractivity contribution in [2.24, 2.45) is 0 Å². The minimum Gasteiger partial charge on any atom is -0.362 e. The SMILES string of the molecule is CC1(C)NC(=C2C=CC=CC2=O)N(O)C1(C)C.CC1(C)NC(=C2C=CC=CC2=O)N(O)C1(C)C.[Cu]. The average Bonchev–Trinajstić information content (AvgIpc) is 3.01. The van der Waals surface area contributed by atoms with Crippen molar-refractivity contribution in [3.05, 3.63) is 71.4 Å². The van der Waals surface area contributed by atoms with Gasteiger partial charge in [-0.05, 0) is 79.7 Å². The van der Waals surface area contributed by atoms with Crippen LogP contribution in [-0.4, -0.2) is 54.3 Å². The second-order valence-electron chi connectivity index (χ2n) is 10.9. The Balaban J connectivity index is 0.000000240. The quantitative estimate of drug-likeness (QED) is 0.278. The molecule has 0 bridgehead atoms. The van der Waals surface area contributed by atoms with Crippen molar-refractivity contribution in [2.45, 2.75) is 77.5 Å². The fourth-order valence-corrected chi connectivity index (χ4v) is 3.78. The van der Waals surface area contributed by atoms with Crippen molar-refractivity contribution in [1.29, 1.82) is 0 Å². The first kappa shape index (κ1) is 28.7. The number of carbonyl (C=O) groups is 2. The number of ketones is 2. The van der Waals surface area contributed by atoms with Crippen LogP contribution in [0.1, 0.15) is 55.4 Å². The molecule has 0 amide bonds. The summed E-state index contributed by atoms with van der Waals surface area (Å²) in [5.41, 5.74) is -0.615. The van der Waals surface area contributed by atoms with Gasteiger partial charge in [-0.25, -0.2) is 10.1 Å². The molecule has 0 aromatic carbocycles. The smallest absolute Gasteiger partial charge is 0.189 e. The molecule has 0 atom stereocenters. The zero-order valence-electron chi connectivity index (χ0n) is 21.5. The Labute approximate surface area is 218 Å². The third-order valence-electron chi connectivity index (χ3n) is 7.69. The zero-order chi connectivity index (χ0) is 25.7. The number of hydroxylamine groups is 4. The molecular formula is C26H36CuN4O4. The van der Waals surface area contributed by atoms with E-state index in [1.54, 1.807) is 36.5 Å². The molecule has 8 nitrogen and oxygen atoms in total. The summed E-state index contributed by atoms with van der Waals surface area (Å²) in [5, 5.41) is 29.2. The summed E-state index contributed by atoms with van der Waals surface area (Å²) in [6.45, 7) is 15.7. The number of rotatable bonds is 0. The number of hydrogen-bond acceptors (Lipinski definition) is 8. The molecule has 0 saturated carbocycles. The first-order valence-electron chi connectivity index (χ1n) is 11.4. The van der Waals surface area contributed by atoms with Crippen LogP contribution in [0.15, 0.2) is 71.4 Å². The number of nitrogens with one attached hydrogen (secondary N) is 2. The number of hydrogen-bond donors (Lipinski definition) is 4. The Bertz CT molecular complexity index is 1000. The summed E-state index contributed by atoms with van der Waals surface area (Å²) < 4.78 is 0. The van der Waals surface area contributed by atoms with Gasteiger partial charge in [0.25, 0.3) is 0 Å². The molecule has 2 fully saturated rings. The van der Waals surface area contributed by atoms with Gasteiger partial charge in [-0.3, -0.25) is 20.0 Å². The third-order valence-corrected chi connectivity index (χ3v) is 7.69. The van der Waals surface area contributed by atoms with Crippen molar-refractivity contribution >= 4 is 11.6 Å². The Kier molecular flexibility index (Phi) is 7.75. The molecule has 2 aliphatic heterocycles. The van der Waals surface area contributed by atoms with E-state index in [1.165, 1.54) is 12.2 Å². The second-order valence-corrected chi connectivity index (χ2v) is 10.9. The van der Waals surface area contributed by atoms with Crippen LogP contribution >= 0.6 is 0 Å². The van der Waals surface area contributed by atoms with Crippen LogP contribution in [0.25, 0.3) is 0 Å². The van der Waals surface area contributed by atoms with E-state index in [1.807, 2.05) is 55.4 Å². The average molecular weight is 532 g/mol. The summed E-state index contributed by atoms with van der Waals surface area (Å²) in [6, 6.07) is 0. The number of nitrogens with zero attached hydrogens (tertiary/aromatic N) is 2. The minimum absolute atomic E-state index is 0. The van der Waals surface area contributed by atoms with E-state index in [2.05, 4.69) is 10.6 Å². The Morgan fingerprint density at radius 2 is 0.886 bits per heavy atom. The minimum atomic E-state index is -0.482. The van der Waals surface area contributed by atoms with Gasteiger partial charge < -0.3 is 10.6 Å². The molecule has 0 aromatic heterocycles. The molecule has 9 heteroatoms. The molecule has 195 valence electrons. The van der Waals surface area contributed by atoms with E-state index >= 15 is 0 Å². The van der Waals surface area contributed by atoms with Crippen LogP contribution in [0.4, 0.5) is 0 Å². The Morgan fingerprint density at radius 3 is 1.11 bits per heavy atom. The van der Waals surface area contributed by atoms with Gasteiger partial charge in [0, 0.05) is 17.1 Å². The first-order chi connectivity index (χ1) is 15.5. The van der Waals surface area contributed by atoms with Gasteiger partial charge in [0.15, 0.2) is 11.6 Å². The Hall–Kier alpha value is -2.58. The van der Waals surface area contributed by atoms with Crippen LogP contribution in [0, 0.1) is 0 Å². The normalized spacial score (nSPS) is 28.9. The molecule has 2 heterocycles. The van der Waals surface area contributed by atoms with E-state index in [-0.39, 0.29) is 39.7 Å². The van der Waals surface area contributed by atoms with Gasteiger partial charge in [0.1, 0.15) is 11.6 Å². The van der Waals surface area contributed by atoms with Gasteiger partial charge in [0.05, 0.1) is 33.3 Å². The van der Waals surface area contributed by atoms with Crippen LogP contribution < -0.4 is 10.6 Å². The summed E-state index contributed by atoms with van der Waals surface area (Å²) in [4.78, 5) is 23.6. The van der Waals surface area contributed by atoms with Crippen LogP contribution in [0.5, 0.6) is 0 Å². The summed E-state index contributed by atoms with van der Waals surface area (Å²) in [6.07, 6.45) is 13.4. The predicted octanol–water partition coefficient (Wildman–Crippen LogP) is 3.49. The molecule has 0 aromatic rings. The fraction of sp³-hybridized carbons (Fsp3) is 0.462. The summed E-state index contributed by atoms with van der Waals surface area (Å²) in [5.74, 6) is 0.765. The zero-order valence-corrected chi connectivity index (χ0v) is 22.5. The molecule has 35 heavy (non-hydrogen) atoms. The van der Waals surface area contributed by atoms with Crippen molar-refractivity contribution in [2.75, 3.05) is 0 Å². The van der Waals surface area contributed by atoms with Gasteiger partial charge in [-0.2, -0.15) is 0 Å². The molecule has 0 spiro atoms.